The zero-order valence-corrected chi connectivity index (χ0v) is 17.1. The van der Waals surface area contributed by atoms with Crippen molar-refractivity contribution in [3.63, 3.8) is 0 Å². The highest BCUT2D eigenvalue weighted by Crippen LogP contribution is 2.35. The van der Waals surface area contributed by atoms with E-state index in [1.807, 2.05) is 18.2 Å². The second-order valence-electron chi connectivity index (χ2n) is 7.05. The van der Waals surface area contributed by atoms with Gasteiger partial charge in [-0.25, -0.2) is 0 Å². The molecule has 6 heteroatoms. The molecular formula is C22H22ClN3OS. The molecule has 0 bridgehead atoms. The molecule has 28 heavy (non-hydrogen) atoms. The van der Waals surface area contributed by atoms with E-state index in [9.17, 15) is 4.79 Å². The largest absolute Gasteiger partial charge is 0.299 e. The van der Waals surface area contributed by atoms with Crippen LogP contribution in [0.4, 0.5) is 0 Å². The van der Waals surface area contributed by atoms with Gasteiger partial charge < -0.3 is 0 Å². The average molecular weight is 412 g/mol. The van der Waals surface area contributed by atoms with Crippen molar-refractivity contribution >= 4 is 29.1 Å². The summed E-state index contributed by atoms with van der Waals surface area (Å²) in [6, 6.07) is 17.6. The molecule has 4 nitrogen and oxygen atoms in total. The average Bonchev–Trinajstić information content (AvgIpc) is 3.18. The van der Waals surface area contributed by atoms with E-state index >= 15 is 0 Å². The maximum atomic E-state index is 12.6. The first-order chi connectivity index (χ1) is 13.7. The molecular weight excluding hydrogens is 390 g/mol. The Hall–Kier alpha value is -2.11. The van der Waals surface area contributed by atoms with Gasteiger partial charge in [0.25, 0.3) is 0 Å². The van der Waals surface area contributed by atoms with Gasteiger partial charge in [0.1, 0.15) is 0 Å². The molecule has 0 aliphatic heterocycles. The highest BCUT2D eigenvalue weighted by molar-refractivity contribution is 7.99. The molecule has 0 unspecified atom stereocenters. The molecule has 0 saturated heterocycles. The molecule has 3 aromatic rings. The summed E-state index contributed by atoms with van der Waals surface area (Å²) >= 11 is 7.39. The SMILES string of the molecule is O=C(CSc1nnc(-c2ccccc2)n1C1CCCCC1)c1ccc(Cl)cc1. The Balaban J connectivity index is 1.58. The number of hydrogen-bond donors (Lipinski definition) is 0. The predicted octanol–water partition coefficient (Wildman–Crippen LogP) is 6.08. The minimum Gasteiger partial charge on any atom is -0.299 e. The van der Waals surface area contributed by atoms with Crippen LogP contribution in [0.3, 0.4) is 0 Å². The molecule has 1 aliphatic carbocycles. The van der Waals surface area contributed by atoms with E-state index < -0.39 is 0 Å². The second-order valence-corrected chi connectivity index (χ2v) is 8.43. The van der Waals surface area contributed by atoms with Crippen molar-refractivity contribution < 1.29 is 4.79 Å². The number of benzene rings is 2. The molecule has 0 atom stereocenters. The van der Waals surface area contributed by atoms with Gasteiger partial charge in [0, 0.05) is 22.2 Å². The van der Waals surface area contributed by atoms with E-state index in [4.69, 9.17) is 11.6 Å². The van der Waals surface area contributed by atoms with Crippen molar-refractivity contribution in [3.8, 4) is 11.4 Å². The lowest BCUT2D eigenvalue weighted by molar-refractivity contribution is 0.102. The monoisotopic (exact) mass is 411 g/mol. The first-order valence-electron chi connectivity index (χ1n) is 9.64. The summed E-state index contributed by atoms with van der Waals surface area (Å²) in [6.45, 7) is 0. The van der Waals surface area contributed by atoms with Gasteiger partial charge in [-0.15, -0.1) is 10.2 Å². The highest BCUT2D eigenvalue weighted by Gasteiger charge is 2.24. The Morgan fingerprint density at radius 3 is 2.43 bits per heavy atom. The van der Waals surface area contributed by atoms with Gasteiger partial charge in [-0.05, 0) is 37.1 Å². The molecule has 1 saturated carbocycles. The molecule has 1 heterocycles. The van der Waals surface area contributed by atoms with Crippen LogP contribution in [0.2, 0.25) is 5.02 Å². The zero-order valence-electron chi connectivity index (χ0n) is 15.6. The first kappa shape index (κ1) is 19.2. The van der Waals surface area contributed by atoms with Crippen molar-refractivity contribution in [1.29, 1.82) is 0 Å². The maximum absolute atomic E-state index is 12.6. The number of rotatable bonds is 6. The third-order valence-corrected chi connectivity index (χ3v) is 6.33. The van der Waals surface area contributed by atoms with E-state index in [0.717, 1.165) is 29.4 Å². The molecule has 0 N–H and O–H groups in total. The van der Waals surface area contributed by atoms with Crippen LogP contribution in [0.25, 0.3) is 11.4 Å². The van der Waals surface area contributed by atoms with Crippen LogP contribution in [0.5, 0.6) is 0 Å². The van der Waals surface area contributed by atoms with Gasteiger partial charge in [-0.1, -0.05) is 73.0 Å². The van der Waals surface area contributed by atoms with E-state index in [0.29, 0.717) is 22.4 Å². The van der Waals surface area contributed by atoms with E-state index in [1.54, 1.807) is 24.3 Å². The Kier molecular flexibility index (Phi) is 6.13. The quantitative estimate of drug-likeness (QED) is 0.364. The van der Waals surface area contributed by atoms with Gasteiger partial charge >= 0.3 is 0 Å². The summed E-state index contributed by atoms with van der Waals surface area (Å²) in [4.78, 5) is 12.6. The zero-order chi connectivity index (χ0) is 19.3. The number of aromatic nitrogens is 3. The topological polar surface area (TPSA) is 47.8 Å². The number of thioether (sulfide) groups is 1. The summed E-state index contributed by atoms with van der Waals surface area (Å²) in [7, 11) is 0. The predicted molar refractivity (Wildman–Crippen MR) is 114 cm³/mol. The van der Waals surface area contributed by atoms with Gasteiger partial charge in [0.2, 0.25) is 0 Å². The van der Waals surface area contributed by atoms with Crippen LogP contribution in [0, 0.1) is 0 Å². The second kappa shape index (κ2) is 8.93. The Bertz CT molecular complexity index is 934. The van der Waals surface area contributed by atoms with Crippen LogP contribution in [-0.4, -0.2) is 26.3 Å². The molecule has 1 aromatic heterocycles. The van der Waals surface area contributed by atoms with E-state index in [-0.39, 0.29) is 5.78 Å². The smallest absolute Gasteiger partial charge is 0.192 e. The van der Waals surface area contributed by atoms with Gasteiger partial charge in [-0.2, -0.15) is 0 Å². The Morgan fingerprint density at radius 2 is 1.71 bits per heavy atom. The van der Waals surface area contributed by atoms with Gasteiger partial charge in [-0.3, -0.25) is 9.36 Å². The molecule has 2 aromatic carbocycles. The minimum atomic E-state index is 0.0705. The van der Waals surface area contributed by atoms with Crippen LogP contribution in [-0.2, 0) is 0 Å². The molecule has 0 amide bonds. The number of halogens is 1. The Morgan fingerprint density at radius 1 is 1.00 bits per heavy atom. The molecule has 0 spiro atoms. The molecule has 144 valence electrons. The fraction of sp³-hybridized carbons (Fsp3) is 0.318. The van der Waals surface area contributed by atoms with Gasteiger partial charge in [0.15, 0.2) is 16.8 Å². The normalized spacial score (nSPS) is 14.9. The lowest BCUT2D eigenvalue weighted by atomic mass is 9.95. The van der Waals surface area contributed by atoms with Crippen molar-refractivity contribution in [2.45, 2.75) is 43.3 Å². The summed E-state index contributed by atoms with van der Waals surface area (Å²) in [5.41, 5.74) is 1.74. The van der Waals surface area contributed by atoms with E-state index in [2.05, 4.69) is 26.9 Å². The van der Waals surface area contributed by atoms with Crippen molar-refractivity contribution in [2.24, 2.45) is 0 Å². The number of carbonyl (C=O) groups is 1. The highest BCUT2D eigenvalue weighted by atomic mass is 35.5. The number of carbonyl (C=O) groups excluding carboxylic acids is 1. The van der Waals surface area contributed by atoms with Crippen molar-refractivity contribution in [3.05, 3.63) is 65.2 Å². The molecule has 0 radical (unpaired) electrons. The lowest BCUT2D eigenvalue weighted by Crippen LogP contribution is -2.15. The lowest BCUT2D eigenvalue weighted by Gasteiger charge is -2.25. The molecule has 1 fully saturated rings. The van der Waals surface area contributed by atoms with Crippen LogP contribution in [0.15, 0.2) is 59.8 Å². The maximum Gasteiger partial charge on any atom is 0.192 e. The van der Waals surface area contributed by atoms with Crippen LogP contribution in [0.1, 0.15) is 48.5 Å². The minimum absolute atomic E-state index is 0.0705. The molecule has 1 aliphatic rings. The van der Waals surface area contributed by atoms with Crippen molar-refractivity contribution in [1.82, 2.24) is 14.8 Å². The fourth-order valence-corrected chi connectivity index (χ4v) is 4.70. The third kappa shape index (κ3) is 4.31. The summed E-state index contributed by atoms with van der Waals surface area (Å²) < 4.78 is 2.26. The summed E-state index contributed by atoms with van der Waals surface area (Å²) in [6.07, 6.45) is 6.01. The third-order valence-electron chi connectivity index (χ3n) is 5.13. The number of Topliss-reactive ketones (excluding diaryl/α,β-unsaturated/α-hetero) is 1. The standard InChI is InChI=1S/C22H22ClN3OS/c23-18-13-11-16(12-14-18)20(27)15-28-22-25-24-21(17-7-3-1-4-8-17)26(22)19-9-5-2-6-10-19/h1,3-4,7-8,11-14,19H,2,5-6,9-10,15H2. The number of nitrogens with zero attached hydrogens (tertiary/aromatic N) is 3. The first-order valence-corrected chi connectivity index (χ1v) is 11.0. The Labute approximate surface area is 174 Å². The van der Waals surface area contributed by atoms with Crippen LogP contribution >= 0.6 is 23.4 Å². The number of ketones is 1. The summed E-state index contributed by atoms with van der Waals surface area (Å²) in [5, 5.41) is 10.4. The summed E-state index contributed by atoms with van der Waals surface area (Å²) in [5.74, 6) is 1.30. The fourth-order valence-electron chi connectivity index (χ4n) is 3.68. The van der Waals surface area contributed by atoms with Crippen LogP contribution < -0.4 is 0 Å². The van der Waals surface area contributed by atoms with E-state index in [1.165, 1.54) is 31.0 Å². The van der Waals surface area contributed by atoms with Gasteiger partial charge in [0.05, 0.1) is 5.75 Å². The van der Waals surface area contributed by atoms with Crippen molar-refractivity contribution in [2.75, 3.05) is 5.75 Å². The molecule has 4 rings (SSSR count). The number of hydrogen-bond acceptors (Lipinski definition) is 4.